The van der Waals surface area contributed by atoms with Crippen LogP contribution < -0.4 is 0 Å². The third kappa shape index (κ3) is 3.09. The molecule has 1 aliphatic rings. The summed E-state index contributed by atoms with van der Waals surface area (Å²) >= 11 is 0. The van der Waals surface area contributed by atoms with Gasteiger partial charge in [0, 0.05) is 13.1 Å². The number of sulfonamides is 1. The molecule has 0 amide bonds. The minimum atomic E-state index is -3.41. The van der Waals surface area contributed by atoms with Gasteiger partial charge in [-0.3, -0.25) is 0 Å². The van der Waals surface area contributed by atoms with Gasteiger partial charge in [-0.25, -0.2) is 8.42 Å². The van der Waals surface area contributed by atoms with Gasteiger partial charge in [-0.15, -0.1) is 0 Å². The standard InChI is InChI=1S/C14H21NO3S/c1-11(2)12-7-9-15(10-8-12)19(17,18)14-5-3-13(16)4-6-14/h3-6,11-12,16H,7-10H2,1-2H3. The van der Waals surface area contributed by atoms with Crippen LogP contribution in [0.1, 0.15) is 26.7 Å². The molecular formula is C14H21NO3S. The largest absolute Gasteiger partial charge is 0.508 e. The summed E-state index contributed by atoms with van der Waals surface area (Å²) in [5.41, 5.74) is 0. The van der Waals surface area contributed by atoms with Crippen molar-refractivity contribution in [3.05, 3.63) is 24.3 Å². The monoisotopic (exact) mass is 283 g/mol. The molecule has 1 heterocycles. The smallest absolute Gasteiger partial charge is 0.243 e. The van der Waals surface area contributed by atoms with Crippen molar-refractivity contribution in [3.8, 4) is 5.75 Å². The lowest BCUT2D eigenvalue weighted by Gasteiger charge is -2.33. The fourth-order valence-corrected chi connectivity index (χ4v) is 4.02. The second-order valence-electron chi connectivity index (χ2n) is 5.48. The van der Waals surface area contributed by atoms with Gasteiger partial charge >= 0.3 is 0 Å². The Morgan fingerprint density at radius 3 is 2.16 bits per heavy atom. The average Bonchev–Trinajstić information content (AvgIpc) is 2.39. The molecule has 1 fully saturated rings. The number of aromatic hydroxyl groups is 1. The van der Waals surface area contributed by atoms with Crippen molar-refractivity contribution in [1.82, 2.24) is 4.31 Å². The van der Waals surface area contributed by atoms with Crippen molar-refractivity contribution in [2.75, 3.05) is 13.1 Å². The van der Waals surface area contributed by atoms with Crippen LogP contribution in [0.3, 0.4) is 0 Å². The Hall–Kier alpha value is -1.07. The number of hydrogen-bond donors (Lipinski definition) is 1. The first-order chi connectivity index (χ1) is 8.91. The fourth-order valence-electron chi connectivity index (χ4n) is 2.55. The fraction of sp³-hybridized carbons (Fsp3) is 0.571. The number of rotatable bonds is 3. The maximum atomic E-state index is 12.4. The average molecular weight is 283 g/mol. The Morgan fingerprint density at radius 1 is 1.16 bits per heavy atom. The summed E-state index contributed by atoms with van der Waals surface area (Å²) < 4.78 is 26.4. The summed E-state index contributed by atoms with van der Waals surface area (Å²) in [6.45, 7) is 5.56. The summed E-state index contributed by atoms with van der Waals surface area (Å²) in [5, 5.41) is 9.22. The normalized spacial score (nSPS) is 18.9. The minimum absolute atomic E-state index is 0.0810. The zero-order chi connectivity index (χ0) is 14.0. The maximum Gasteiger partial charge on any atom is 0.243 e. The predicted molar refractivity (Wildman–Crippen MR) is 74.4 cm³/mol. The topological polar surface area (TPSA) is 57.6 Å². The highest BCUT2D eigenvalue weighted by Gasteiger charge is 2.30. The van der Waals surface area contributed by atoms with Crippen LogP contribution in [0.5, 0.6) is 5.75 Å². The van der Waals surface area contributed by atoms with Gasteiger partial charge in [-0.2, -0.15) is 4.31 Å². The number of phenolic OH excluding ortho intramolecular Hbond substituents is 1. The Bertz CT molecular complexity index is 514. The van der Waals surface area contributed by atoms with Gasteiger partial charge < -0.3 is 5.11 Å². The Balaban J connectivity index is 2.12. The van der Waals surface area contributed by atoms with Crippen LogP contribution in [0.2, 0.25) is 0 Å². The second-order valence-corrected chi connectivity index (χ2v) is 7.42. The van der Waals surface area contributed by atoms with Crippen molar-refractivity contribution in [1.29, 1.82) is 0 Å². The van der Waals surface area contributed by atoms with E-state index in [0.717, 1.165) is 12.8 Å². The van der Waals surface area contributed by atoms with Crippen molar-refractivity contribution >= 4 is 10.0 Å². The van der Waals surface area contributed by atoms with Crippen LogP contribution in [0, 0.1) is 11.8 Å². The van der Waals surface area contributed by atoms with E-state index in [0.29, 0.717) is 24.9 Å². The Kier molecular flexibility index (Phi) is 4.16. The molecule has 0 aromatic heterocycles. The highest BCUT2D eigenvalue weighted by molar-refractivity contribution is 7.89. The minimum Gasteiger partial charge on any atom is -0.508 e. The molecule has 0 spiro atoms. The molecule has 19 heavy (non-hydrogen) atoms. The summed E-state index contributed by atoms with van der Waals surface area (Å²) in [7, 11) is -3.41. The van der Waals surface area contributed by atoms with Crippen LogP contribution in [0.15, 0.2) is 29.2 Å². The molecule has 0 unspecified atom stereocenters. The van der Waals surface area contributed by atoms with Crippen molar-refractivity contribution in [2.24, 2.45) is 11.8 Å². The lowest BCUT2D eigenvalue weighted by molar-refractivity contribution is 0.226. The Labute approximate surface area is 115 Å². The molecular weight excluding hydrogens is 262 g/mol. The summed E-state index contributed by atoms with van der Waals surface area (Å²) in [6.07, 6.45) is 1.85. The maximum absolute atomic E-state index is 12.4. The van der Waals surface area contributed by atoms with E-state index >= 15 is 0 Å². The molecule has 2 rings (SSSR count). The first-order valence-electron chi connectivity index (χ1n) is 6.70. The van der Waals surface area contributed by atoms with E-state index < -0.39 is 10.0 Å². The van der Waals surface area contributed by atoms with Crippen LogP contribution >= 0.6 is 0 Å². The summed E-state index contributed by atoms with van der Waals surface area (Å²) in [4.78, 5) is 0.258. The van der Waals surface area contributed by atoms with Gasteiger partial charge in [0.25, 0.3) is 0 Å². The van der Waals surface area contributed by atoms with Crippen LogP contribution in [-0.2, 0) is 10.0 Å². The molecule has 1 aromatic rings. The molecule has 0 atom stereocenters. The number of nitrogens with zero attached hydrogens (tertiary/aromatic N) is 1. The van der Waals surface area contributed by atoms with Crippen LogP contribution in [0.4, 0.5) is 0 Å². The van der Waals surface area contributed by atoms with Crippen LogP contribution in [0.25, 0.3) is 0 Å². The van der Waals surface area contributed by atoms with Gasteiger partial charge in [-0.1, -0.05) is 13.8 Å². The molecule has 106 valence electrons. The second kappa shape index (κ2) is 5.51. The molecule has 0 saturated carbocycles. The highest BCUT2D eigenvalue weighted by Crippen LogP contribution is 2.28. The summed E-state index contributed by atoms with van der Waals surface area (Å²) in [5.74, 6) is 1.31. The number of piperidine rings is 1. The number of hydrogen-bond acceptors (Lipinski definition) is 3. The Morgan fingerprint density at radius 2 is 1.68 bits per heavy atom. The van der Waals surface area contributed by atoms with Crippen molar-refractivity contribution in [3.63, 3.8) is 0 Å². The molecule has 1 N–H and O–H groups in total. The third-order valence-electron chi connectivity index (χ3n) is 3.92. The van der Waals surface area contributed by atoms with E-state index in [-0.39, 0.29) is 10.6 Å². The molecule has 1 aromatic carbocycles. The first-order valence-corrected chi connectivity index (χ1v) is 8.14. The number of phenols is 1. The van der Waals surface area contributed by atoms with E-state index in [1.54, 1.807) is 4.31 Å². The molecule has 0 bridgehead atoms. The van der Waals surface area contributed by atoms with Gasteiger partial charge in [0.2, 0.25) is 10.0 Å². The highest BCUT2D eigenvalue weighted by atomic mass is 32.2. The molecule has 4 nitrogen and oxygen atoms in total. The van der Waals surface area contributed by atoms with E-state index in [9.17, 15) is 13.5 Å². The van der Waals surface area contributed by atoms with Gasteiger partial charge in [-0.05, 0) is 48.9 Å². The molecule has 1 saturated heterocycles. The SMILES string of the molecule is CC(C)C1CCN(S(=O)(=O)c2ccc(O)cc2)CC1. The van der Waals surface area contributed by atoms with Gasteiger partial charge in [0.1, 0.15) is 5.75 Å². The van der Waals surface area contributed by atoms with E-state index in [4.69, 9.17) is 0 Å². The summed E-state index contributed by atoms with van der Waals surface area (Å²) in [6, 6.07) is 5.74. The predicted octanol–water partition coefficient (Wildman–Crippen LogP) is 2.45. The van der Waals surface area contributed by atoms with E-state index in [1.165, 1.54) is 24.3 Å². The van der Waals surface area contributed by atoms with Gasteiger partial charge in [0.05, 0.1) is 4.90 Å². The van der Waals surface area contributed by atoms with Crippen molar-refractivity contribution in [2.45, 2.75) is 31.6 Å². The third-order valence-corrected chi connectivity index (χ3v) is 5.83. The molecule has 5 heteroatoms. The molecule has 0 radical (unpaired) electrons. The van der Waals surface area contributed by atoms with Gasteiger partial charge in [0.15, 0.2) is 0 Å². The first kappa shape index (κ1) is 14.3. The van der Waals surface area contributed by atoms with E-state index in [2.05, 4.69) is 13.8 Å². The lowest BCUT2D eigenvalue weighted by atomic mass is 9.87. The zero-order valence-corrected chi connectivity index (χ0v) is 12.2. The lowest BCUT2D eigenvalue weighted by Crippen LogP contribution is -2.39. The molecule has 0 aliphatic carbocycles. The van der Waals surface area contributed by atoms with Crippen molar-refractivity contribution < 1.29 is 13.5 Å². The molecule has 1 aliphatic heterocycles. The quantitative estimate of drug-likeness (QED) is 0.927. The zero-order valence-electron chi connectivity index (χ0n) is 11.4. The van der Waals surface area contributed by atoms with Crippen LogP contribution in [-0.4, -0.2) is 30.9 Å². The number of benzene rings is 1. The van der Waals surface area contributed by atoms with E-state index in [1.807, 2.05) is 0 Å².